The van der Waals surface area contributed by atoms with Crippen molar-refractivity contribution in [3.8, 4) is 22.6 Å². The minimum atomic E-state index is -0.130. The molecule has 1 fully saturated rings. The number of hydrogen-bond donors (Lipinski definition) is 0. The molecule has 1 aromatic carbocycles. The van der Waals surface area contributed by atoms with Crippen molar-refractivity contribution in [2.24, 2.45) is 7.05 Å². The lowest BCUT2D eigenvalue weighted by molar-refractivity contribution is 0.197. The number of hydrogen-bond acceptors (Lipinski definition) is 4. The molecule has 1 aliphatic carbocycles. The smallest absolute Gasteiger partial charge is 0.267 e. The maximum Gasteiger partial charge on any atom is 0.267 e. The summed E-state index contributed by atoms with van der Waals surface area (Å²) in [4.78, 5) is 11.8. The fraction of sp³-hybridized carbons (Fsp3) is 0.444. The summed E-state index contributed by atoms with van der Waals surface area (Å²) in [5.74, 6) is 1.50. The van der Waals surface area contributed by atoms with Crippen molar-refractivity contribution in [3.63, 3.8) is 0 Å². The van der Waals surface area contributed by atoms with Crippen molar-refractivity contribution < 1.29 is 9.47 Å². The molecule has 0 bridgehead atoms. The molecule has 1 aliphatic rings. The van der Waals surface area contributed by atoms with Crippen LogP contribution < -0.4 is 15.0 Å². The highest BCUT2D eigenvalue weighted by Gasteiger charge is 2.19. The van der Waals surface area contributed by atoms with Gasteiger partial charge in [-0.1, -0.05) is 6.07 Å². The number of ether oxygens (including phenoxy) is 2. The predicted molar refractivity (Wildman–Crippen MR) is 89.0 cm³/mol. The zero-order valence-electron chi connectivity index (χ0n) is 13.6. The highest BCUT2D eigenvalue weighted by Crippen LogP contribution is 2.35. The number of aryl methyl sites for hydroxylation is 1. The van der Waals surface area contributed by atoms with Crippen LogP contribution in [-0.4, -0.2) is 22.5 Å². The zero-order valence-corrected chi connectivity index (χ0v) is 13.6. The molecular formula is C18H22N2O3. The first-order chi connectivity index (χ1) is 11.2. The second-order valence-corrected chi connectivity index (χ2v) is 5.82. The second kappa shape index (κ2) is 6.86. The molecule has 0 atom stereocenters. The Morgan fingerprint density at radius 1 is 1.17 bits per heavy atom. The molecule has 1 heterocycles. The predicted octanol–water partition coefficient (Wildman–Crippen LogP) is 3.17. The Morgan fingerprint density at radius 3 is 2.65 bits per heavy atom. The Kier molecular flexibility index (Phi) is 4.65. The molecule has 3 rings (SSSR count). The molecule has 1 saturated carbocycles. The Labute approximate surface area is 135 Å². The maximum atomic E-state index is 11.8. The van der Waals surface area contributed by atoms with Crippen molar-refractivity contribution in [2.75, 3.05) is 6.61 Å². The number of nitrogens with zero attached hydrogens (tertiary/aromatic N) is 2. The van der Waals surface area contributed by atoms with Gasteiger partial charge in [-0.2, -0.15) is 5.10 Å². The van der Waals surface area contributed by atoms with E-state index < -0.39 is 0 Å². The average Bonchev–Trinajstić information content (AvgIpc) is 3.05. The van der Waals surface area contributed by atoms with Crippen molar-refractivity contribution in [1.82, 2.24) is 9.78 Å². The molecule has 0 radical (unpaired) electrons. The van der Waals surface area contributed by atoms with Crippen LogP contribution in [0.5, 0.6) is 11.5 Å². The van der Waals surface area contributed by atoms with Gasteiger partial charge in [0.2, 0.25) is 0 Å². The summed E-state index contributed by atoms with van der Waals surface area (Å²) < 4.78 is 13.1. The van der Waals surface area contributed by atoms with Crippen LogP contribution in [0.15, 0.2) is 35.3 Å². The summed E-state index contributed by atoms with van der Waals surface area (Å²) in [6, 6.07) is 7.37. The van der Waals surface area contributed by atoms with Gasteiger partial charge in [0.15, 0.2) is 11.5 Å². The molecule has 5 heteroatoms. The van der Waals surface area contributed by atoms with Crippen LogP contribution in [0.3, 0.4) is 0 Å². The number of benzene rings is 1. The number of aromatic nitrogens is 2. The van der Waals surface area contributed by atoms with E-state index in [2.05, 4.69) is 5.10 Å². The van der Waals surface area contributed by atoms with E-state index in [4.69, 9.17) is 9.47 Å². The quantitative estimate of drug-likeness (QED) is 0.850. The maximum absolute atomic E-state index is 11.8. The van der Waals surface area contributed by atoms with E-state index in [0.717, 1.165) is 35.5 Å². The first-order valence-corrected chi connectivity index (χ1v) is 8.14. The normalized spacial score (nSPS) is 14.9. The largest absolute Gasteiger partial charge is 0.490 e. The summed E-state index contributed by atoms with van der Waals surface area (Å²) in [7, 11) is 1.64. The third-order valence-corrected chi connectivity index (χ3v) is 4.14. The Hall–Kier alpha value is -2.30. The third-order valence-electron chi connectivity index (χ3n) is 4.14. The first kappa shape index (κ1) is 15.6. The van der Waals surface area contributed by atoms with Gasteiger partial charge in [-0.15, -0.1) is 0 Å². The molecule has 0 saturated heterocycles. The highest BCUT2D eigenvalue weighted by molar-refractivity contribution is 5.66. The molecule has 0 N–H and O–H groups in total. The molecule has 1 aromatic heterocycles. The number of rotatable bonds is 5. The van der Waals surface area contributed by atoms with Gasteiger partial charge in [-0.3, -0.25) is 4.79 Å². The van der Waals surface area contributed by atoms with Crippen LogP contribution in [-0.2, 0) is 7.05 Å². The fourth-order valence-corrected chi connectivity index (χ4v) is 2.87. The highest BCUT2D eigenvalue weighted by atomic mass is 16.5. The Morgan fingerprint density at radius 2 is 1.96 bits per heavy atom. The van der Waals surface area contributed by atoms with Gasteiger partial charge in [-0.05, 0) is 50.3 Å². The van der Waals surface area contributed by atoms with Crippen LogP contribution >= 0.6 is 0 Å². The van der Waals surface area contributed by atoms with Crippen molar-refractivity contribution in [3.05, 3.63) is 40.8 Å². The second-order valence-electron chi connectivity index (χ2n) is 5.82. The average molecular weight is 314 g/mol. The minimum absolute atomic E-state index is 0.130. The molecule has 0 unspecified atom stereocenters. The molecule has 23 heavy (non-hydrogen) atoms. The lowest BCUT2D eigenvalue weighted by Gasteiger charge is -2.17. The third kappa shape index (κ3) is 3.55. The van der Waals surface area contributed by atoms with E-state index in [-0.39, 0.29) is 11.7 Å². The van der Waals surface area contributed by atoms with Gasteiger partial charge in [0, 0.05) is 18.7 Å². The van der Waals surface area contributed by atoms with Gasteiger partial charge in [0.05, 0.1) is 18.9 Å². The lowest BCUT2D eigenvalue weighted by atomic mass is 10.1. The topological polar surface area (TPSA) is 53.4 Å². The first-order valence-electron chi connectivity index (χ1n) is 8.14. The molecule has 0 aliphatic heterocycles. The van der Waals surface area contributed by atoms with Gasteiger partial charge < -0.3 is 9.47 Å². The molecule has 122 valence electrons. The van der Waals surface area contributed by atoms with E-state index in [1.807, 2.05) is 25.1 Å². The van der Waals surface area contributed by atoms with Crippen LogP contribution in [0, 0.1) is 0 Å². The summed E-state index contributed by atoms with van der Waals surface area (Å²) >= 11 is 0. The minimum Gasteiger partial charge on any atom is -0.490 e. The standard InChI is InChI=1S/C18H22N2O3/c1-3-22-16-9-8-13(14-11-18(21)20(2)19-12-14)10-17(16)23-15-6-4-5-7-15/h8-12,15H,3-7H2,1-2H3. The molecule has 2 aromatic rings. The monoisotopic (exact) mass is 314 g/mol. The summed E-state index contributed by atoms with van der Waals surface area (Å²) in [6.07, 6.45) is 6.55. The Balaban J connectivity index is 1.94. The van der Waals surface area contributed by atoms with Crippen LogP contribution in [0.1, 0.15) is 32.6 Å². The fourth-order valence-electron chi connectivity index (χ4n) is 2.87. The van der Waals surface area contributed by atoms with Gasteiger partial charge >= 0.3 is 0 Å². The van der Waals surface area contributed by atoms with Crippen molar-refractivity contribution >= 4 is 0 Å². The summed E-state index contributed by atoms with van der Waals surface area (Å²) in [6.45, 7) is 2.55. The molecule has 0 amide bonds. The van der Waals surface area contributed by atoms with Crippen LogP contribution in [0.2, 0.25) is 0 Å². The summed E-state index contributed by atoms with van der Waals surface area (Å²) in [5, 5.41) is 4.08. The summed E-state index contributed by atoms with van der Waals surface area (Å²) in [5.41, 5.74) is 1.56. The van der Waals surface area contributed by atoms with Gasteiger partial charge in [0.25, 0.3) is 5.56 Å². The molecular weight excluding hydrogens is 292 g/mol. The van der Waals surface area contributed by atoms with Gasteiger partial charge in [-0.25, -0.2) is 4.68 Å². The SMILES string of the molecule is CCOc1ccc(-c2cnn(C)c(=O)c2)cc1OC1CCCC1. The van der Waals surface area contributed by atoms with E-state index in [0.29, 0.717) is 6.61 Å². The van der Waals surface area contributed by atoms with Crippen molar-refractivity contribution in [2.45, 2.75) is 38.7 Å². The van der Waals surface area contributed by atoms with Crippen LogP contribution in [0.25, 0.3) is 11.1 Å². The lowest BCUT2D eigenvalue weighted by Crippen LogP contribution is -2.17. The van der Waals surface area contributed by atoms with E-state index in [1.165, 1.54) is 17.5 Å². The van der Waals surface area contributed by atoms with Gasteiger partial charge in [0.1, 0.15) is 0 Å². The van der Waals surface area contributed by atoms with E-state index in [1.54, 1.807) is 19.3 Å². The van der Waals surface area contributed by atoms with E-state index in [9.17, 15) is 4.79 Å². The van der Waals surface area contributed by atoms with Crippen LogP contribution in [0.4, 0.5) is 0 Å². The Bertz CT molecular complexity index is 733. The molecule has 5 nitrogen and oxygen atoms in total. The molecule has 0 spiro atoms. The zero-order chi connectivity index (χ0) is 16.2. The van der Waals surface area contributed by atoms with E-state index >= 15 is 0 Å². The van der Waals surface area contributed by atoms with Crippen molar-refractivity contribution in [1.29, 1.82) is 0 Å².